The van der Waals surface area contributed by atoms with E-state index >= 15 is 0 Å². The zero-order chi connectivity index (χ0) is 12.6. The first-order valence-corrected chi connectivity index (χ1v) is 6.40. The van der Waals surface area contributed by atoms with E-state index in [1.807, 2.05) is 6.07 Å². The van der Waals surface area contributed by atoms with Crippen LogP contribution in [0.4, 0.5) is 5.69 Å². The van der Waals surface area contributed by atoms with Gasteiger partial charge in [0.2, 0.25) is 0 Å². The minimum atomic E-state index is 0.272. The molecule has 94 valence electrons. The van der Waals surface area contributed by atoms with Crippen LogP contribution in [0, 0.1) is 0 Å². The van der Waals surface area contributed by atoms with E-state index in [1.54, 1.807) is 0 Å². The Kier molecular flexibility index (Phi) is 4.79. The molecule has 0 spiro atoms. The van der Waals surface area contributed by atoms with Crippen molar-refractivity contribution in [2.75, 3.05) is 18.5 Å². The second-order valence-electron chi connectivity index (χ2n) is 4.30. The largest absolute Gasteiger partial charge is 0.396 e. The van der Waals surface area contributed by atoms with Gasteiger partial charge in [0.05, 0.1) is 0 Å². The van der Waals surface area contributed by atoms with Gasteiger partial charge in [0.15, 0.2) is 0 Å². The average molecular weight is 241 g/mol. The zero-order valence-electron chi connectivity index (χ0n) is 10.5. The van der Waals surface area contributed by atoms with Gasteiger partial charge in [-0.3, -0.25) is 0 Å². The number of hydrogen-bond acceptors (Lipinski definition) is 2. The standard InChI is InChI=1S/C16H19NO/c18-13-5-4-12-17-16-10-8-15(9-11-16)14-6-2-1-3-7-14/h1-3,6-11,17-18H,4-5,12-13H2. The van der Waals surface area contributed by atoms with E-state index in [-0.39, 0.29) is 6.61 Å². The predicted octanol–water partition coefficient (Wildman–Crippen LogP) is 3.54. The predicted molar refractivity (Wildman–Crippen MR) is 76.7 cm³/mol. The van der Waals surface area contributed by atoms with E-state index in [2.05, 4.69) is 53.8 Å². The monoisotopic (exact) mass is 241 g/mol. The summed E-state index contributed by atoms with van der Waals surface area (Å²) < 4.78 is 0. The van der Waals surface area contributed by atoms with Crippen LogP contribution in [0.5, 0.6) is 0 Å². The average Bonchev–Trinajstić information content (AvgIpc) is 2.45. The summed E-state index contributed by atoms with van der Waals surface area (Å²) in [5.74, 6) is 0. The van der Waals surface area contributed by atoms with Crippen LogP contribution in [0.15, 0.2) is 54.6 Å². The fraction of sp³-hybridized carbons (Fsp3) is 0.250. The van der Waals surface area contributed by atoms with Gasteiger partial charge in [-0.1, -0.05) is 42.5 Å². The van der Waals surface area contributed by atoms with E-state index in [0.29, 0.717) is 0 Å². The number of hydrogen-bond donors (Lipinski definition) is 2. The summed E-state index contributed by atoms with van der Waals surface area (Å²) in [6.45, 7) is 1.18. The molecule has 0 unspecified atom stereocenters. The van der Waals surface area contributed by atoms with Crippen molar-refractivity contribution in [1.82, 2.24) is 0 Å². The minimum Gasteiger partial charge on any atom is -0.396 e. The van der Waals surface area contributed by atoms with Crippen molar-refractivity contribution in [1.29, 1.82) is 0 Å². The molecular weight excluding hydrogens is 222 g/mol. The van der Waals surface area contributed by atoms with Crippen molar-refractivity contribution >= 4 is 5.69 Å². The highest BCUT2D eigenvalue weighted by molar-refractivity contribution is 5.65. The smallest absolute Gasteiger partial charge is 0.0431 e. The normalized spacial score (nSPS) is 10.3. The summed E-state index contributed by atoms with van der Waals surface area (Å²) in [6, 6.07) is 18.8. The molecule has 2 aromatic rings. The third kappa shape index (κ3) is 3.60. The SMILES string of the molecule is OCCCCNc1ccc(-c2ccccc2)cc1. The number of aliphatic hydroxyl groups is 1. The second-order valence-corrected chi connectivity index (χ2v) is 4.30. The van der Waals surface area contributed by atoms with Crippen LogP contribution >= 0.6 is 0 Å². The van der Waals surface area contributed by atoms with E-state index in [9.17, 15) is 0 Å². The maximum atomic E-state index is 8.70. The third-order valence-electron chi connectivity index (χ3n) is 2.91. The molecule has 18 heavy (non-hydrogen) atoms. The summed E-state index contributed by atoms with van der Waals surface area (Å²) in [5, 5.41) is 12.0. The van der Waals surface area contributed by atoms with E-state index < -0.39 is 0 Å². The minimum absolute atomic E-state index is 0.272. The lowest BCUT2D eigenvalue weighted by Crippen LogP contribution is -2.01. The van der Waals surface area contributed by atoms with Crippen molar-refractivity contribution in [3.63, 3.8) is 0 Å². The topological polar surface area (TPSA) is 32.3 Å². The van der Waals surface area contributed by atoms with Crippen molar-refractivity contribution in [3.05, 3.63) is 54.6 Å². The Hall–Kier alpha value is -1.80. The Balaban J connectivity index is 1.94. The second kappa shape index (κ2) is 6.82. The van der Waals surface area contributed by atoms with E-state index in [1.165, 1.54) is 11.1 Å². The highest BCUT2D eigenvalue weighted by Gasteiger charge is 1.96. The van der Waals surface area contributed by atoms with Crippen LogP contribution < -0.4 is 5.32 Å². The number of unbranched alkanes of at least 4 members (excludes halogenated alkanes) is 1. The first kappa shape index (κ1) is 12.7. The summed E-state index contributed by atoms with van der Waals surface area (Å²) in [4.78, 5) is 0. The van der Waals surface area contributed by atoms with Gasteiger partial charge in [-0.2, -0.15) is 0 Å². The third-order valence-corrected chi connectivity index (χ3v) is 2.91. The molecular formula is C16H19NO. The zero-order valence-corrected chi connectivity index (χ0v) is 10.5. The fourth-order valence-corrected chi connectivity index (χ4v) is 1.88. The van der Waals surface area contributed by atoms with Gasteiger partial charge in [0.1, 0.15) is 0 Å². The van der Waals surface area contributed by atoms with Gasteiger partial charge < -0.3 is 10.4 Å². The summed E-state index contributed by atoms with van der Waals surface area (Å²) in [5.41, 5.74) is 3.61. The van der Waals surface area contributed by atoms with Gasteiger partial charge in [0, 0.05) is 18.8 Å². The molecule has 2 aromatic carbocycles. The molecule has 2 rings (SSSR count). The molecule has 0 fully saturated rings. The van der Waals surface area contributed by atoms with Crippen LogP contribution in [-0.4, -0.2) is 18.3 Å². The van der Waals surface area contributed by atoms with Crippen molar-refractivity contribution < 1.29 is 5.11 Å². The quantitative estimate of drug-likeness (QED) is 0.758. The maximum absolute atomic E-state index is 8.70. The van der Waals surface area contributed by atoms with Crippen LogP contribution in [0.2, 0.25) is 0 Å². The molecule has 0 saturated carbocycles. The van der Waals surface area contributed by atoms with Crippen molar-refractivity contribution in [2.45, 2.75) is 12.8 Å². The molecule has 0 radical (unpaired) electrons. The highest BCUT2D eigenvalue weighted by atomic mass is 16.2. The molecule has 0 amide bonds. The van der Waals surface area contributed by atoms with Gasteiger partial charge in [-0.05, 0) is 36.1 Å². The number of aliphatic hydroxyl groups excluding tert-OH is 1. The molecule has 0 bridgehead atoms. The lowest BCUT2D eigenvalue weighted by atomic mass is 10.1. The number of nitrogens with one attached hydrogen (secondary N) is 1. The molecule has 2 heteroatoms. The van der Waals surface area contributed by atoms with E-state index in [4.69, 9.17) is 5.11 Å². The van der Waals surface area contributed by atoms with Gasteiger partial charge in [-0.25, -0.2) is 0 Å². The molecule has 0 aliphatic heterocycles. The first-order chi connectivity index (χ1) is 8.90. The number of rotatable bonds is 6. The molecule has 0 atom stereocenters. The van der Waals surface area contributed by atoms with Gasteiger partial charge >= 0.3 is 0 Å². The van der Waals surface area contributed by atoms with Gasteiger partial charge in [-0.15, -0.1) is 0 Å². The summed E-state index contributed by atoms with van der Waals surface area (Å²) in [6.07, 6.45) is 1.85. The van der Waals surface area contributed by atoms with Gasteiger partial charge in [0.25, 0.3) is 0 Å². The number of anilines is 1. The Labute approximate surface area is 108 Å². The van der Waals surface area contributed by atoms with Crippen LogP contribution in [0.1, 0.15) is 12.8 Å². The molecule has 0 aromatic heterocycles. The fourth-order valence-electron chi connectivity index (χ4n) is 1.88. The highest BCUT2D eigenvalue weighted by Crippen LogP contribution is 2.20. The molecule has 0 aliphatic rings. The summed E-state index contributed by atoms with van der Waals surface area (Å²) >= 11 is 0. The van der Waals surface area contributed by atoms with Crippen LogP contribution in [-0.2, 0) is 0 Å². The summed E-state index contributed by atoms with van der Waals surface area (Å²) in [7, 11) is 0. The maximum Gasteiger partial charge on any atom is 0.0431 e. The first-order valence-electron chi connectivity index (χ1n) is 6.40. The van der Waals surface area contributed by atoms with E-state index in [0.717, 1.165) is 25.1 Å². The Morgan fingerprint density at radius 3 is 2.11 bits per heavy atom. The van der Waals surface area contributed by atoms with Crippen molar-refractivity contribution in [3.8, 4) is 11.1 Å². The Bertz CT molecular complexity index is 450. The lowest BCUT2D eigenvalue weighted by Gasteiger charge is -2.07. The molecule has 0 heterocycles. The molecule has 2 nitrogen and oxygen atoms in total. The Morgan fingerprint density at radius 1 is 0.778 bits per heavy atom. The van der Waals surface area contributed by atoms with Crippen molar-refractivity contribution in [2.24, 2.45) is 0 Å². The number of benzene rings is 2. The molecule has 0 saturated heterocycles. The Morgan fingerprint density at radius 2 is 1.44 bits per heavy atom. The van der Waals surface area contributed by atoms with Crippen LogP contribution in [0.25, 0.3) is 11.1 Å². The lowest BCUT2D eigenvalue weighted by molar-refractivity contribution is 0.286. The van der Waals surface area contributed by atoms with Crippen LogP contribution in [0.3, 0.4) is 0 Å². The molecule has 2 N–H and O–H groups in total. The molecule has 0 aliphatic carbocycles.